The highest BCUT2D eigenvalue weighted by Crippen LogP contribution is 2.36. The zero-order valence-electron chi connectivity index (χ0n) is 14.9. The molecule has 1 aliphatic rings. The van der Waals surface area contributed by atoms with Crippen LogP contribution in [0.5, 0.6) is 0 Å². The van der Waals surface area contributed by atoms with E-state index in [-0.39, 0.29) is 11.7 Å². The maximum absolute atomic E-state index is 12.9. The molecule has 1 fully saturated rings. The van der Waals surface area contributed by atoms with Crippen LogP contribution in [0.25, 0.3) is 10.1 Å². The highest BCUT2D eigenvalue weighted by atomic mass is 35.5. The summed E-state index contributed by atoms with van der Waals surface area (Å²) in [4.78, 5) is 29.1. The van der Waals surface area contributed by atoms with Crippen molar-refractivity contribution in [2.24, 2.45) is 0 Å². The number of Topliss-reactive ketones (excluding diaryl/α,β-unsaturated/α-hetero) is 1. The zero-order valence-corrected chi connectivity index (χ0v) is 16.5. The van der Waals surface area contributed by atoms with Crippen molar-refractivity contribution < 1.29 is 9.59 Å². The van der Waals surface area contributed by atoms with E-state index in [9.17, 15) is 9.59 Å². The maximum Gasteiger partial charge on any atom is 0.265 e. The Morgan fingerprint density at radius 1 is 0.963 bits per heavy atom. The summed E-state index contributed by atoms with van der Waals surface area (Å²) in [6.45, 7) is 4.38. The summed E-state index contributed by atoms with van der Waals surface area (Å²) in [5.41, 5.74) is 1.79. The lowest BCUT2D eigenvalue weighted by Gasteiger charge is -2.36. The van der Waals surface area contributed by atoms with E-state index in [1.807, 2.05) is 53.4 Å². The Labute approximate surface area is 167 Å². The van der Waals surface area contributed by atoms with E-state index >= 15 is 0 Å². The highest BCUT2D eigenvalue weighted by Gasteiger charge is 2.26. The average Bonchev–Trinajstić information content (AvgIpc) is 3.04. The molecule has 1 aliphatic heterocycles. The van der Waals surface area contributed by atoms with Gasteiger partial charge in [0.25, 0.3) is 5.91 Å². The van der Waals surface area contributed by atoms with Gasteiger partial charge in [-0.15, -0.1) is 11.3 Å². The van der Waals surface area contributed by atoms with Gasteiger partial charge in [-0.3, -0.25) is 9.59 Å². The fourth-order valence-corrected chi connectivity index (χ4v) is 4.85. The van der Waals surface area contributed by atoms with E-state index in [1.54, 1.807) is 6.92 Å². The smallest absolute Gasteiger partial charge is 0.265 e. The molecule has 1 aromatic heterocycles. The van der Waals surface area contributed by atoms with Crippen molar-refractivity contribution in [3.63, 3.8) is 0 Å². The van der Waals surface area contributed by atoms with E-state index in [2.05, 4.69) is 4.90 Å². The number of ketones is 1. The van der Waals surface area contributed by atoms with Crippen LogP contribution in [0.15, 0.2) is 48.5 Å². The molecule has 27 heavy (non-hydrogen) atoms. The summed E-state index contributed by atoms with van der Waals surface area (Å²) in [5, 5.41) is 1.50. The molecule has 0 saturated carbocycles. The number of piperazine rings is 1. The Kier molecular flexibility index (Phi) is 4.89. The largest absolute Gasteiger partial charge is 0.368 e. The van der Waals surface area contributed by atoms with Gasteiger partial charge in [-0.1, -0.05) is 29.8 Å². The number of hydrogen-bond acceptors (Lipinski definition) is 4. The standard InChI is InChI=1S/C21H19ClN2O2S/c1-14(25)15-6-8-16(9-7-15)23-10-12-24(13-11-23)21(26)20-19(22)17-4-2-3-5-18(17)27-20/h2-9H,10-13H2,1H3. The number of carbonyl (C=O) groups excluding carboxylic acids is 2. The zero-order chi connectivity index (χ0) is 19.0. The van der Waals surface area contributed by atoms with Gasteiger partial charge in [-0.25, -0.2) is 0 Å². The number of rotatable bonds is 3. The van der Waals surface area contributed by atoms with Crippen LogP contribution in [0.2, 0.25) is 5.02 Å². The summed E-state index contributed by atoms with van der Waals surface area (Å²) in [6, 6.07) is 15.5. The van der Waals surface area contributed by atoms with Crippen molar-refractivity contribution in [1.82, 2.24) is 4.90 Å². The number of carbonyl (C=O) groups is 2. The van der Waals surface area contributed by atoms with Gasteiger partial charge in [-0.05, 0) is 37.3 Å². The van der Waals surface area contributed by atoms with Crippen LogP contribution in [-0.4, -0.2) is 42.8 Å². The minimum absolute atomic E-state index is 0.00720. The topological polar surface area (TPSA) is 40.6 Å². The number of halogens is 1. The van der Waals surface area contributed by atoms with Gasteiger partial charge in [0.1, 0.15) is 4.88 Å². The maximum atomic E-state index is 12.9. The summed E-state index contributed by atoms with van der Waals surface area (Å²) in [6.07, 6.45) is 0. The normalized spacial score (nSPS) is 14.6. The minimum Gasteiger partial charge on any atom is -0.368 e. The third-order valence-electron chi connectivity index (χ3n) is 4.94. The van der Waals surface area contributed by atoms with Gasteiger partial charge in [0, 0.05) is 47.5 Å². The molecule has 0 unspecified atom stereocenters. The lowest BCUT2D eigenvalue weighted by molar-refractivity contribution is 0.0751. The van der Waals surface area contributed by atoms with Crippen molar-refractivity contribution in [3.05, 3.63) is 64.0 Å². The number of thiophene rings is 1. The number of nitrogens with zero attached hydrogens (tertiary/aromatic N) is 2. The van der Waals surface area contributed by atoms with E-state index in [0.29, 0.717) is 28.6 Å². The average molecular weight is 399 g/mol. The van der Waals surface area contributed by atoms with E-state index in [0.717, 1.165) is 28.9 Å². The third-order valence-corrected chi connectivity index (χ3v) is 6.60. The molecule has 138 valence electrons. The first kappa shape index (κ1) is 18.0. The molecule has 2 heterocycles. The highest BCUT2D eigenvalue weighted by molar-refractivity contribution is 7.21. The molecule has 4 rings (SSSR count). The summed E-state index contributed by atoms with van der Waals surface area (Å²) in [5.74, 6) is 0.0740. The molecule has 1 amide bonds. The monoisotopic (exact) mass is 398 g/mol. The van der Waals surface area contributed by atoms with Gasteiger partial charge in [-0.2, -0.15) is 0 Å². The molecule has 6 heteroatoms. The SMILES string of the molecule is CC(=O)c1ccc(N2CCN(C(=O)c3sc4ccccc4c3Cl)CC2)cc1. The number of hydrogen-bond donors (Lipinski definition) is 0. The van der Waals surface area contributed by atoms with Gasteiger partial charge in [0.05, 0.1) is 5.02 Å². The van der Waals surface area contributed by atoms with E-state index in [1.165, 1.54) is 11.3 Å². The van der Waals surface area contributed by atoms with Gasteiger partial charge in [0.2, 0.25) is 0 Å². The van der Waals surface area contributed by atoms with Crippen molar-refractivity contribution in [2.75, 3.05) is 31.1 Å². The molecule has 3 aromatic rings. The summed E-state index contributed by atoms with van der Waals surface area (Å²) in [7, 11) is 0. The Morgan fingerprint density at radius 2 is 1.63 bits per heavy atom. The number of anilines is 1. The van der Waals surface area contributed by atoms with E-state index in [4.69, 9.17) is 11.6 Å². The first-order chi connectivity index (χ1) is 13.0. The van der Waals surface area contributed by atoms with Crippen LogP contribution in [0, 0.1) is 0 Å². The minimum atomic E-state index is 0.00720. The number of benzene rings is 2. The number of amides is 1. The first-order valence-electron chi connectivity index (χ1n) is 8.87. The molecular weight excluding hydrogens is 380 g/mol. The molecule has 2 aromatic carbocycles. The Balaban J connectivity index is 1.46. The molecule has 0 spiro atoms. The third kappa shape index (κ3) is 3.45. The molecule has 0 N–H and O–H groups in total. The quantitative estimate of drug-likeness (QED) is 0.599. The Bertz CT molecular complexity index is 1000. The molecule has 1 saturated heterocycles. The van der Waals surface area contributed by atoms with Gasteiger partial charge < -0.3 is 9.80 Å². The van der Waals surface area contributed by atoms with Gasteiger partial charge >= 0.3 is 0 Å². The van der Waals surface area contributed by atoms with Crippen molar-refractivity contribution in [2.45, 2.75) is 6.92 Å². The predicted octanol–water partition coefficient (Wildman–Crippen LogP) is 4.72. The van der Waals surface area contributed by atoms with Crippen LogP contribution in [-0.2, 0) is 0 Å². The van der Waals surface area contributed by atoms with Crippen LogP contribution in [0.1, 0.15) is 27.0 Å². The molecule has 0 atom stereocenters. The first-order valence-corrected chi connectivity index (χ1v) is 10.1. The Morgan fingerprint density at radius 3 is 2.26 bits per heavy atom. The fraction of sp³-hybridized carbons (Fsp3) is 0.238. The molecule has 0 aliphatic carbocycles. The second-order valence-corrected chi connectivity index (χ2v) is 8.05. The Hall–Kier alpha value is -2.37. The van der Waals surface area contributed by atoms with Gasteiger partial charge in [0.15, 0.2) is 5.78 Å². The van der Waals surface area contributed by atoms with Crippen LogP contribution < -0.4 is 4.90 Å². The second-order valence-electron chi connectivity index (χ2n) is 6.62. The van der Waals surface area contributed by atoms with Crippen LogP contribution in [0.3, 0.4) is 0 Å². The molecule has 0 bridgehead atoms. The van der Waals surface area contributed by atoms with Crippen molar-refractivity contribution in [3.8, 4) is 0 Å². The lowest BCUT2D eigenvalue weighted by Crippen LogP contribution is -2.48. The molecule has 0 radical (unpaired) electrons. The van der Waals surface area contributed by atoms with Crippen LogP contribution in [0.4, 0.5) is 5.69 Å². The summed E-state index contributed by atoms with van der Waals surface area (Å²) >= 11 is 7.92. The second kappa shape index (κ2) is 7.33. The number of fused-ring (bicyclic) bond motifs is 1. The summed E-state index contributed by atoms with van der Waals surface area (Å²) < 4.78 is 1.04. The van der Waals surface area contributed by atoms with Crippen molar-refractivity contribution in [1.29, 1.82) is 0 Å². The lowest BCUT2D eigenvalue weighted by atomic mass is 10.1. The molecular formula is C21H19ClN2O2S. The van der Waals surface area contributed by atoms with Crippen molar-refractivity contribution >= 4 is 50.4 Å². The predicted molar refractivity (Wildman–Crippen MR) is 111 cm³/mol. The van der Waals surface area contributed by atoms with E-state index < -0.39 is 0 Å². The fourth-order valence-electron chi connectivity index (χ4n) is 3.37. The molecule has 4 nitrogen and oxygen atoms in total. The van der Waals surface area contributed by atoms with Crippen LogP contribution >= 0.6 is 22.9 Å².